The topological polar surface area (TPSA) is 46.4 Å². The molecule has 106 valence electrons. The number of imidazole rings is 1. The molecule has 0 aliphatic heterocycles. The largest absolute Gasteiger partial charge is 0.346 e. The van der Waals surface area contributed by atoms with Gasteiger partial charge in [0.05, 0.1) is 12.2 Å². The molecule has 6 heteroatoms. The van der Waals surface area contributed by atoms with E-state index in [0.717, 1.165) is 11.3 Å². The molecule has 0 saturated heterocycles. The van der Waals surface area contributed by atoms with Gasteiger partial charge in [0.2, 0.25) is 0 Å². The molecule has 1 amide bonds. The Balaban J connectivity index is 1.72. The third kappa shape index (κ3) is 3.17. The van der Waals surface area contributed by atoms with Crippen molar-refractivity contribution in [3.05, 3.63) is 70.1 Å². The molecule has 1 aromatic carbocycles. The summed E-state index contributed by atoms with van der Waals surface area (Å²) in [4.78, 5) is 16.4. The quantitative estimate of drug-likeness (QED) is 0.802. The summed E-state index contributed by atoms with van der Waals surface area (Å²) < 4.78 is 1.85. The fraction of sp³-hybridized carbons (Fsp3) is 0.0667. The fourth-order valence-corrected chi connectivity index (χ4v) is 2.34. The molecule has 0 atom stereocenters. The highest BCUT2D eigenvalue weighted by Crippen LogP contribution is 2.13. The third-order valence-corrected chi connectivity index (χ3v) is 3.46. The van der Waals surface area contributed by atoms with E-state index in [0.29, 0.717) is 22.2 Å². The fourth-order valence-electron chi connectivity index (χ4n) is 2.00. The summed E-state index contributed by atoms with van der Waals surface area (Å²) in [5, 5.41) is 3.97. The zero-order valence-corrected chi connectivity index (χ0v) is 12.4. The first-order valence-corrected chi connectivity index (χ1v) is 7.04. The number of carbonyl (C=O) groups is 1. The number of fused-ring (bicyclic) bond motifs is 1. The van der Waals surface area contributed by atoms with Crippen molar-refractivity contribution in [1.29, 1.82) is 0 Å². The molecule has 3 rings (SSSR count). The van der Waals surface area contributed by atoms with Gasteiger partial charge in [-0.2, -0.15) is 0 Å². The van der Waals surface area contributed by atoms with E-state index in [1.54, 1.807) is 36.4 Å². The SMILES string of the molecule is O=C(NCc1cn2ccc(Cl)cc2n1)c1cccc(Cl)c1. The Morgan fingerprint density at radius 3 is 2.81 bits per heavy atom. The Bertz CT molecular complexity index is 814. The molecular weight excluding hydrogens is 309 g/mol. The minimum absolute atomic E-state index is 0.187. The summed E-state index contributed by atoms with van der Waals surface area (Å²) in [5.41, 5.74) is 2.02. The maximum absolute atomic E-state index is 12.0. The summed E-state index contributed by atoms with van der Waals surface area (Å²) in [6, 6.07) is 10.4. The van der Waals surface area contributed by atoms with Gasteiger partial charge in [0, 0.05) is 28.0 Å². The molecule has 4 nitrogen and oxygen atoms in total. The van der Waals surface area contributed by atoms with Crippen LogP contribution in [0.1, 0.15) is 16.1 Å². The number of hydrogen-bond donors (Lipinski definition) is 1. The van der Waals surface area contributed by atoms with Crippen molar-refractivity contribution in [3.63, 3.8) is 0 Å². The molecule has 0 aliphatic rings. The van der Waals surface area contributed by atoms with Crippen LogP contribution < -0.4 is 5.32 Å². The predicted octanol–water partition coefficient (Wildman–Crippen LogP) is 3.57. The molecule has 2 aromatic heterocycles. The zero-order valence-electron chi connectivity index (χ0n) is 10.9. The van der Waals surface area contributed by atoms with Crippen LogP contribution in [0.4, 0.5) is 0 Å². The maximum Gasteiger partial charge on any atom is 0.251 e. The summed E-state index contributed by atoms with van der Waals surface area (Å²) in [6.45, 7) is 0.338. The Kier molecular flexibility index (Phi) is 3.82. The van der Waals surface area contributed by atoms with Crippen molar-refractivity contribution >= 4 is 34.8 Å². The van der Waals surface area contributed by atoms with Crippen molar-refractivity contribution < 1.29 is 4.79 Å². The van der Waals surface area contributed by atoms with Gasteiger partial charge in [-0.3, -0.25) is 4.79 Å². The first-order valence-electron chi connectivity index (χ1n) is 6.29. The standard InChI is InChI=1S/C15H11Cl2N3O/c16-11-3-1-2-10(6-11)15(21)18-8-13-9-20-5-4-12(17)7-14(20)19-13/h1-7,9H,8H2,(H,18,21). The number of nitrogens with one attached hydrogen (secondary N) is 1. The zero-order chi connectivity index (χ0) is 14.8. The van der Waals surface area contributed by atoms with Crippen LogP contribution in [0.15, 0.2) is 48.8 Å². The molecule has 2 heterocycles. The van der Waals surface area contributed by atoms with Crippen molar-refractivity contribution in [3.8, 4) is 0 Å². The number of carbonyl (C=O) groups excluding carboxylic acids is 1. The van der Waals surface area contributed by atoms with Crippen molar-refractivity contribution in [2.75, 3.05) is 0 Å². The van der Waals surface area contributed by atoms with E-state index in [1.807, 2.05) is 16.8 Å². The molecule has 21 heavy (non-hydrogen) atoms. The van der Waals surface area contributed by atoms with Crippen molar-refractivity contribution in [1.82, 2.24) is 14.7 Å². The van der Waals surface area contributed by atoms with E-state index >= 15 is 0 Å². The highest BCUT2D eigenvalue weighted by atomic mass is 35.5. The second kappa shape index (κ2) is 5.76. The van der Waals surface area contributed by atoms with Crippen LogP contribution in [0.3, 0.4) is 0 Å². The Morgan fingerprint density at radius 2 is 2.00 bits per heavy atom. The molecule has 3 aromatic rings. The first-order chi connectivity index (χ1) is 10.1. The van der Waals surface area contributed by atoms with E-state index in [-0.39, 0.29) is 5.91 Å². The van der Waals surface area contributed by atoms with Crippen LogP contribution >= 0.6 is 23.2 Å². The average Bonchev–Trinajstić information content (AvgIpc) is 2.86. The Hall–Kier alpha value is -2.04. The lowest BCUT2D eigenvalue weighted by molar-refractivity contribution is 0.0950. The Labute approximate surface area is 131 Å². The van der Waals surface area contributed by atoms with E-state index in [9.17, 15) is 4.79 Å². The number of pyridine rings is 1. The molecule has 0 fully saturated rings. The van der Waals surface area contributed by atoms with Crippen LogP contribution in [0, 0.1) is 0 Å². The number of benzene rings is 1. The monoisotopic (exact) mass is 319 g/mol. The molecule has 1 N–H and O–H groups in total. The summed E-state index contributed by atoms with van der Waals surface area (Å²) in [6.07, 6.45) is 3.68. The second-order valence-electron chi connectivity index (χ2n) is 4.54. The second-order valence-corrected chi connectivity index (χ2v) is 5.41. The van der Waals surface area contributed by atoms with Crippen molar-refractivity contribution in [2.45, 2.75) is 6.54 Å². The lowest BCUT2D eigenvalue weighted by Gasteiger charge is -2.03. The van der Waals surface area contributed by atoms with Gasteiger partial charge in [-0.1, -0.05) is 29.3 Å². The van der Waals surface area contributed by atoms with Gasteiger partial charge in [0.1, 0.15) is 5.65 Å². The predicted molar refractivity (Wildman–Crippen MR) is 82.8 cm³/mol. The smallest absolute Gasteiger partial charge is 0.251 e. The molecule has 0 radical (unpaired) electrons. The molecule has 0 bridgehead atoms. The van der Waals surface area contributed by atoms with Crippen LogP contribution in [-0.4, -0.2) is 15.3 Å². The molecule has 0 aliphatic carbocycles. The van der Waals surface area contributed by atoms with Gasteiger partial charge in [-0.25, -0.2) is 4.98 Å². The molecule has 0 unspecified atom stereocenters. The maximum atomic E-state index is 12.0. The van der Waals surface area contributed by atoms with Gasteiger partial charge in [0.25, 0.3) is 5.91 Å². The summed E-state index contributed by atoms with van der Waals surface area (Å²) in [7, 11) is 0. The van der Waals surface area contributed by atoms with Crippen molar-refractivity contribution in [2.24, 2.45) is 0 Å². The number of nitrogens with zero attached hydrogens (tertiary/aromatic N) is 2. The van der Waals surface area contributed by atoms with Gasteiger partial charge in [0.15, 0.2) is 0 Å². The molecular formula is C15H11Cl2N3O. The lowest BCUT2D eigenvalue weighted by Crippen LogP contribution is -2.22. The normalized spacial score (nSPS) is 10.8. The highest BCUT2D eigenvalue weighted by Gasteiger charge is 2.07. The van der Waals surface area contributed by atoms with Crippen LogP contribution in [0.5, 0.6) is 0 Å². The first kappa shape index (κ1) is 13.9. The van der Waals surface area contributed by atoms with Gasteiger partial charge in [-0.05, 0) is 30.3 Å². The van der Waals surface area contributed by atoms with Gasteiger partial charge in [-0.15, -0.1) is 0 Å². The molecule has 0 saturated carbocycles. The number of rotatable bonds is 3. The van der Waals surface area contributed by atoms with Gasteiger partial charge < -0.3 is 9.72 Å². The summed E-state index contributed by atoms with van der Waals surface area (Å²) in [5.74, 6) is -0.187. The van der Waals surface area contributed by atoms with Crippen LogP contribution in [-0.2, 0) is 6.54 Å². The van der Waals surface area contributed by atoms with Crippen LogP contribution in [0.2, 0.25) is 10.0 Å². The molecule has 0 spiro atoms. The van der Waals surface area contributed by atoms with E-state index < -0.39 is 0 Å². The number of aromatic nitrogens is 2. The average molecular weight is 320 g/mol. The minimum atomic E-state index is -0.187. The number of amides is 1. The number of hydrogen-bond acceptors (Lipinski definition) is 2. The third-order valence-electron chi connectivity index (χ3n) is 2.99. The Morgan fingerprint density at radius 1 is 1.19 bits per heavy atom. The van der Waals surface area contributed by atoms with Gasteiger partial charge >= 0.3 is 0 Å². The highest BCUT2D eigenvalue weighted by molar-refractivity contribution is 6.31. The minimum Gasteiger partial charge on any atom is -0.346 e. The van der Waals surface area contributed by atoms with E-state index in [2.05, 4.69) is 10.3 Å². The number of halogens is 2. The summed E-state index contributed by atoms with van der Waals surface area (Å²) >= 11 is 11.8. The lowest BCUT2D eigenvalue weighted by atomic mass is 10.2. The van der Waals surface area contributed by atoms with E-state index in [1.165, 1.54) is 0 Å². The van der Waals surface area contributed by atoms with E-state index in [4.69, 9.17) is 23.2 Å². The van der Waals surface area contributed by atoms with Crippen LogP contribution in [0.25, 0.3) is 5.65 Å².